The van der Waals surface area contributed by atoms with Crippen LogP contribution in [-0.4, -0.2) is 48.0 Å². The molecule has 0 unspecified atom stereocenters. The highest BCUT2D eigenvalue weighted by atomic mass is 35.5. The molecule has 1 aliphatic carbocycles. The lowest BCUT2D eigenvalue weighted by molar-refractivity contribution is -0.132. The summed E-state index contributed by atoms with van der Waals surface area (Å²) in [5.41, 5.74) is -0.373. The van der Waals surface area contributed by atoms with E-state index in [9.17, 15) is 14.4 Å². The fraction of sp³-hybridized carbons (Fsp3) is 0.526. The summed E-state index contributed by atoms with van der Waals surface area (Å²) in [7, 11) is 0. The summed E-state index contributed by atoms with van der Waals surface area (Å²) in [5.74, 6) is 0.483. The Hall–Kier alpha value is -2.48. The zero-order valence-corrected chi connectivity index (χ0v) is 16.1. The highest BCUT2D eigenvalue weighted by Crippen LogP contribution is 2.38. The van der Waals surface area contributed by atoms with E-state index in [1.807, 2.05) is 0 Å². The number of hydrogen-bond donors (Lipinski definition) is 2. The molecule has 1 spiro atoms. The molecule has 0 atom stereocenters. The highest BCUT2D eigenvalue weighted by molar-refractivity contribution is 6.34. The Balaban J connectivity index is 1.37. The van der Waals surface area contributed by atoms with E-state index in [4.69, 9.17) is 21.1 Å². The first-order valence-electron chi connectivity index (χ1n) is 9.52. The SMILES string of the molecule is O=C(CCN1C(=O)NC2(CCCCC2)C1=O)Nc1cc2c(cc1Cl)OCCO2. The molecule has 9 heteroatoms. The van der Waals surface area contributed by atoms with Gasteiger partial charge in [-0.3, -0.25) is 14.5 Å². The largest absolute Gasteiger partial charge is 0.486 e. The van der Waals surface area contributed by atoms with E-state index in [1.54, 1.807) is 12.1 Å². The molecular weight excluding hydrogens is 386 g/mol. The van der Waals surface area contributed by atoms with Crippen LogP contribution in [0.4, 0.5) is 10.5 Å². The van der Waals surface area contributed by atoms with E-state index in [-0.39, 0.29) is 24.8 Å². The lowest BCUT2D eigenvalue weighted by Gasteiger charge is -2.30. The second-order valence-corrected chi connectivity index (χ2v) is 7.71. The first kappa shape index (κ1) is 18.9. The number of nitrogens with one attached hydrogen (secondary N) is 2. The Kier molecular flexibility index (Phi) is 5.05. The first-order chi connectivity index (χ1) is 13.5. The monoisotopic (exact) mass is 407 g/mol. The Bertz CT molecular complexity index is 822. The molecule has 28 heavy (non-hydrogen) atoms. The van der Waals surface area contributed by atoms with Gasteiger partial charge in [-0.2, -0.15) is 0 Å². The fourth-order valence-electron chi connectivity index (χ4n) is 3.96. The van der Waals surface area contributed by atoms with Crippen LogP contribution in [0.3, 0.4) is 0 Å². The van der Waals surface area contributed by atoms with Crippen molar-refractivity contribution in [3.05, 3.63) is 17.2 Å². The number of rotatable bonds is 4. The van der Waals surface area contributed by atoms with Crippen molar-refractivity contribution in [2.24, 2.45) is 0 Å². The molecule has 1 aromatic carbocycles. The standard InChI is InChI=1S/C19H22ClN3O5/c20-12-10-14-15(28-9-8-27-14)11-13(12)21-16(24)4-7-23-17(25)19(22-18(23)26)5-2-1-3-6-19/h10-11H,1-9H2,(H,21,24)(H,22,26). The third-order valence-electron chi connectivity index (χ3n) is 5.42. The van der Waals surface area contributed by atoms with Crippen molar-refractivity contribution in [1.82, 2.24) is 10.2 Å². The minimum Gasteiger partial charge on any atom is -0.486 e. The summed E-state index contributed by atoms with van der Waals surface area (Å²) in [6, 6.07) is 2.78. The topological polar surface area (TPSA) is 97.0 Å². The van der Waals surface area contributed by atoms with Crippen molar-refractivity contribution in [3.8, 4) is 11.5 Å². The van der Waals surface area contributed by atoms with Crippen LogP contribution in [0.25, 0.3) is 0 Å². The van der Waals surface area contributed by atoms with E-state index < -0.39 is 11.6 Å². The minimum atomic E-state index is -0.773. The molecule has 3 aliphatic rings. The Morgan fingerprint density at radius 2 is 1.82 bits per heavy atom. The molecule has 1 saturated heterocycles. The van der Waals surface area contributed by atoms with Crippen LogP contribution >= 0.6 is 11.6 Å². The summed E-state index contributed by atoms with van der Waals surface area (Å²) in [4.78, 5) is 38.5. The maximum Gasteiger partial charge on any atom is 0.325 e. The number of carbonyl (C=O) groups excluding carboxylic acids is 3. The number of urea groups is 1. The molecule has 0 bridgehead atoms. The van der Waals surface area contributed by atoms with Gasteiger partial charge >= 0.3 is 6.03 Å². The zero-order valence-electron chi connectivity index (χ0n) is 15.4. The lowest BCUT2D eigenvalue weighted by Crippen LogP contribution is -2.48. The molecule has 2 heterocycles. The molecule has 2 N–H and O–H groups in total. The number of amides is 4. The molecule has 0 radical (unpaired) electrons. The van der Waals surface area contributed by atoms with Crippen LogP contribution in [-0.2, 0) is 9.59 Å². The van der Waals surface area contributed by atoms with Gasteiger partial charge in [0.15, 0.2) is 11.5 Å². The van der Waals surface area contributed by atoms with Gasteiger partial charge in [0.2, 0.25) is 5.91 Å². The summed E-state index contributed by atoms with van der Waals surface area (Å²) >= 11 is 6.20. The van der Waals surface area contributed by atoms with Gasteiger partial charge in [0.1, 0.15) is 18.8 Å². The molecular formula is C19H22ClN3O5. The summed E-state index contributed by atoms with van der Waals surface area (Å²) < 4.78 is 10.9. The predicted molar refractivity (Wildman–Crippen MR) is 102 cm³/mol. The van der Waals surface area contributed by atoms with Crippen molar-refractivity contribution < 1.29 is 23.9 Å². The minimum absolute atomic E-state index is 0.0139. The Morgan fingerprint density at radius 1 is 1.14 bits per heavy atom. The Labute approximate surface area is 167 Å². The van der Waals surface area contributed by atoms with E-state index in [1.165, 1.54) is 0 Å². The third kappa shape index (κ3) is 3.48. The number of halogens is 1. The summed E-state index contributed by atoms with van der Waals surface area (Å²) in [6.07, 6.45) is 4.22. The van der Waals surface area contributed by atoms with E-state index in [0.29, 0.717) is 48.3 Å². The van der Waals surface area contributed by atoms with Gasteiger partial charge in [0, 0.05) is 25.1 Å². The quantitative estimate of drug-likeness (QED) is 0.748. The summed E-state index contributed by atoms with van der Waals surface area (Å²) in [5, 5.41) is 5.88. The van der Waals surface area contributed by atoms with Crippen molar-refractivity contribution in [3.63, 3.8) is 0 Å². The third-order valence-corrected chi connectivity index (χ3v) is 5.73. The van der Waals surface area contributed by atoms with Crippen molar-refractivity contribution in [2.75, 3.05) is 25.1 Å². The maximum atomic E-state index is 12.7. The van der Waals surface area contributed by atoms with Gasteiger partial charge in [-0.1, -0.05) is 30.9 Å². The second kappa shape index (κ2) is 7.50. The number of benzene rings is 1. The molecule has 2 fully saturated rings. The van der Waals surface area contributed by atoms with Crippen molar-refractivity contribution >= 4 is 35.1 Å². The van der Waals surface area contributed by atoms with Gasteiger partial charge in [-0.05, 0) is 12.8 Å². The van der Waals surface area contributed by atoms with Gasteiger partial charge in [0.05, 0.1) is 10.7 Å². The zero-order chi connectivity index (χ0) is 19.7. The second-order valence-electron chi connectivity index (χ2n) is 7.30. The number of imide groups is 1. The smallest absolute Gasteiger partial charge is 0.325 e. The number of carbonyl (C=O) groups is 3. The predicted octanol–water partition coefficient (Wildman–Crippen LogP) is 2.69. The molecule has 150 valence electrons. The average molecular weight is 408 g/mol. The molecule has 1 saturated carbocycles. The number of hydrogen-bond acceptors (Lipinski definition) is 5. The lowest BCUT2D eigenvalue weighted by atomic mass is 9.82. The van der Waals surface area contributed by atoms with Crippen LogP contribution in [0.15, 0.2) is 12.1 Å². The van der Waals surface area contributed by atoms with E-state index in [0.717, 1.165) is 24.2 Å². The van der Waals surface area contributed by atoms with E-state index >= 15 is 0 Å². The maximum absolute atomic E-state index is 12.7. The van der Waals surface area contributed by atoms with Gasteiger partial charge in [0.25, 0.3) is 5.91 Å². The van der Waals surface area contributed by atoms with Crippen molar-refractivity contribution in [1.29, 1.82) is 0 Å². The van der Waals surface area contributed by atoms with Gasteiger partial charge in [-0.25, -0.2) is 4.79 Å². The average Bonchev–Trinajstić information content (AvgIpc) is 2.90. The fourth-order valence-corrected chi connectivity index (χ4v) is 4.16. The van der Waals surface area contributed by atoms with Crippen molar-refractivity contribution in [2.45, 2.75) is 44.1 Å². The molecule has 2 aliphatic heterocycles. The highest BCUT2D eigenvalue weighted by Gasteiger charge is 2.51. The van der Waals surface area contributed by atoms with Gasteiger partial charge < -0.3 is 20.1 Å². The normalized spacial score (nSPS) is 20.2. The molecule has 4 amide bonds. The molecule has 8 nitrogen and oxygen atoms in total. The van der Waals surface area contributed by atoms with Crippen LogP contribution in [0.1, 0.15) is 38.5 Å². The number of anilines is 1. The van der Waals surface area contributed by atoms with Gasteiger partial charge in [-0.15, -0.1) is 0 Å². The van der Waals surface area contributed by atoms with Crippen LogP contribution in [0, 0.1) is 0 Å². The van der Waals surface area contributed by atoms with Crippen LogP contribution < -0.4 is 20.1 Å². The van der Waals surface area contributed by atoms with E-state index in [2.05, 4.69) is 10.6 Å². The molecule has 0 aromatic heterocycles. The van der Waals surface area contributed by atoms with Crippen LogP contribution in [0.2, 0.25) is 5.02 Å². The Morgan fingerprint density at radius 3 is 2.54 bits per heavy atom. The van der Waals surface area contributed by atoms with Crippen LogP contribution in [0.5, 0.6) is 11.5 Å². The number of fused-ring (bicyclic) bond motifs is 1. The summed E-state index contributed by atoms with van der Waals surface area (Å²) in [6.45, 7) is 0.902. The first-order valence-corrected chi connectivity index (χ1v) is 9.89. The molecule has 1 aromatic rings. The molecule has 4 rings (SSSR count). The number of ether oxygens (including phenoxy) is 2. The number of nitrogens with zero attached hydrogens (tertiary/aromatic N) is 1.